The van der Waals surface area contributed by atoms with E-state index in [0.29, 0.717) is 5.56 Å². The number of carboxylic acids is 1. The zero-order chi connectivity index (χ0) is 15.9. The predicted molar refractivity (Wildman–Crippen MR) is 84.6 cm³/mol. The molecule has 1 atom stereocenters. The lowest BCUT2D eigenvalue weighted by atomic mass is 10.0. The normalized spacial score (nSPS) is 17.8. The Morgan fingerprint density at radius 2 is 2.00 bits per heavy atom. The topological polar surface area (TPSA) is 54.2 Å². The third-order valence-electron chi connectivity index (χ3n) is 4.69. The quantitative estimate of drug-likeness (QED) is 0.947. The first-order valence-corrected chi connectivity index (χ1v) is 7.67. The van der Waals surface area contributed by atoms with Gasteiger partial charge in [0.25, 0.3) is 0 Å². The summed E-state index contributed by atoms with van der Waals surface area (Å²) >= 11 is 0. The molecule has 0 radical (unpaired) electrons. The Kier molecular flexibility index (Phi) is 3.93. The predicted octanol–water partition coefficient (Wildman–Crippen LogP) is 2.65. The van der Waals surface area contributed by atoms with Crippen LogP contribution in [0.1, 0.15) is 40.1 Å². The van der Waals surface area contributed by atoms with Gasteiger partial charge in [-0.2, -0.15) is 0 Å². The molecular weight excluding hydrogens is 280 g/mol. The summed E-state index contributed by atoms with van der Waals surface area (Å²) in [5.41, 5.74) is 4.36. The standard InChI is InChI=1S/C17H22N2O3/c1-11-4-5-19-15(11)10-14(17(20)21)12(2)16(19)13(3)18-6-8-22-9-7-18/h4-5,10,13H,6-9H2,1-3H3,(H,20,21). The summed E-state index contributed by atoms with van der Waals surface area (Å²) in [7, 11) is 0. The largest absolute Gasteiger partial charge is 0.478 e. The summed E-state index contributed by atoms with van der Waals surface area (Å²) in [6.45, 7) is 9.28. The van der Waals surface area contributed by atoms with Crippen LogP contribution in [0, 0.1) is 13.8 Å². The molecular formula is C17H22N2O3. The van der Waals surface area contributed by atoms with E-state index in [1.165, 1.54) is 0 Å². The van der Waals surface area contributed by atoms with Gasteiger partial charge in [-0.15, -0.1) is 0 Å². The minimum absolute atomic E-state index is 0.150. The van der Waals surface area contributed by atoms with Gasteiger partial charge in [-0.25, -0.2) is 4.79 Å². The van der Waals surface area contributed by atoms with Crippen LogP contribution in [-0.4, -0.2) is 46.7 Å². The second-order valence-electron chi connectivity index (χ2n) is 5.95. The highest BCUT2D eigenvalue weighted by Crippen LogP contribution is 2.29. The molecule has 3 rings (SSSR count). The highest BCUT2D eigenvalue weighted by Gasteiger charge is 2.25. The van der Waals surface area contributed by atoms with Crippen molar-refractivity contribution in [1.29, 1.82) is 0 Å². The molecule has 0 aliphatic carbocycles. The molecule has 1 unspecified atom stereocenters. The molecule has 1 saturated heterocycles. The van der Waals surface area contributed by atoms with Crippen LogP contribution < -0.4 is 0 Å². The van der Waals surface area contributed by atoms with Gasteiger partial charge >= 0.3 is 5.97 Å². The smallest absolute Gasteiger partial charge is 0.336 e. The molecule has 118 valence electrons. The SMILES string of the molecule is Cc1c(C(=O)O)cc2c(C)ccn2c1C(C)N1CCOCC1. The number of hydrogen-bond acceptors (Lipinski definition) is 3. The monoisotopic (exact) mass is 302 g/mol. The van der Waals surface area contributed by atoms with Gasteiger partial charge in [0.15, 0.2) is 0 Å². The van der Waals surface area contributed by atoms with Crippen LogP contribution >= 0.6 is 0 Å². The molecule has 1 aliphatic heterocycles. The zero-order valence-corrected chi connectivity index (χ0v) is 13.3. The fourth-order valence-electron chi connectivity index (χ4n) is 3.37. The number of ether oxygens (including phenoxy) is 1. The Morgan fingerprint density at radius 3 is 2.64 bits per heavy atom. The maximum atomic E-state index is 11.6. The average Bonchev–Trinajstić information content (AvgIpc) is 2.87. The number of carbonyl (C=O) groups is 1. The first kappa shape index (κ1) is 15.1. The maximum Gasteiger partial charge on any atom is 0.336 e. The van der Waals surface area contributed by atoms with E-state index in [1.54, 1.807) is 6.07 Å². The summed E-state index contributed by atoms with van der Waals surface area (Å²) in [5.74, 6) is -0.865. The van der Waals surface area contributed by atoms with E-state index in [0.717, 1.165) is 48.6 Å². The van der Waals surface area contributed by atoms with Crippen LogP contribution in [0.15, 0.2) is 18.3 Å². The number of carboxylic acid groups (broad SMARTS) is 1. The minimum Gasteiger partial charge on any atom is -0.478 e. The van der Waals surface area contributed by atoms with E-state index in [1.807, 2.05) is 26.1 Å². The summed E-state index contributed by atoms with van der Waals surface area (Å²) in [4.78, 5) is 14.0. The van der Waals surface area contributed by atoms with Crippen LogP contribution in [0.3, 0.4) is 0 Å². The Hall–Kier alpha value is -1.85. The summed E-state index contributed by atoms with van der Waals surface area (Å²) in [6.07, 6.45) is 2.04. The van der Waals surface area contributed by atoms with Gasteiger partial charge in [0, 0.05) is 36.5 Å². The summed E-state index contributed by atoms with van der Waals surface area (Å²) < 4.78 is 7.56. The molecule has 1 fully saturated rings. The second kappa shape index (κ2) is 5.74. The zero-order valence-electron chi connectivity index (χ0n) is 13.3. The third-order valence-corrected chi connectivity index (χ3v) is 4.69. The first-order valence-electron chi connectivity index (χ1n) is 7.67. The highest BCUT2D eigenvalue weighted by atomic mass is 16.5. The highest BCUT2D eigenvalue weighted by molar-refractivity contribution is 5.91. The van der Waals surface area contributed by atoms with Crippen molar-refractivity contribution in [2.45, 2.75) is 26.8 Å². The van der Waals surface area contributed by atoms with Crippen molar-refractivity contribution < 1.29 is 14.6 Å². The second-order valence-corrected chi connectivity index (χ2v) is 5.95. The van der Waals surface area contributed by atoms with E-state index in [-0.39, 0.29) is 6.04 Å². The Bertz CT molecular complexity index is 714. The molecule has 0 saturated carbocycles. The first-order chi connectivity index (χ1) is 10.5. The Morgan fingerprint density at radius 1 is 1.32 bits per heavy atom. The van der Waals surface area contributed by atoms with Crippen molar-refractivity contribution in [2.75, 3.05) is 26.3 Å². The average molecular weight is 302 g/mol. The van der Waals surface area contributed by atoms with Crippen LogP contribution in [0.2, 0.25) is 0 Å². The number of aromatic nitrogens is 1. The van der Waals surface area contributed by atoms with Crippen LogP contribution in [0.25, 0.3) is 5.52 Å². The van der Waals surface area contributed by atoms with Crippen molar-refractivity contribution in [1.82, 2.24) is 9.30 Å². The van der Waals surface area contributed by atoms with Gasteiger partial charge < -0.3 is 14.2 Å². The lowest BCUT2D eigenvalue weighted by Gasteiger charge is -2.34. The summed E-state index contributed by atoms with van der Waals surface area (Å²) in [6, 6.07) is 3.97. The van der Waals surface area contributed by atoms with E-state index in [9.17, 15) is 9.90 Å². The Labute approximate surface area is 130 Å². The molecule has 5 heteroatoms. The molecule has 0 spiro atoms. The third kappa shape index (κ3) is 2.40. The molecule has 2 aromatic heterocycles. The number of fused-ring (bicyclic) bond motifs is 1. The van der Waals surface area contributed by atoms with Crippen molar-refractivity contribution >= 4 is 11.5 Å². The molecule has 5 nitrogen and oxygen atoms in total. The van der Waals surface area contributed by atoms with Crippen LogP contribution in [0.4, 0.5) is 0 Å². The molecule has 3 heterocycles. The molecule has 22 heavy (non-hydrogen) atoms. The van der Waals surface area contributed by atoms with Gasteiger partial charge in [-0.1, -0.05) is 0 Å². The number of morpholine rings is 1. The summed E-state index contributed by atoms with van der Waals surface area (Å²) in [5, 5.41) is 9.53. The van der Waals surface area contributed by atoms with Crippen molar-refractivity contribution in [2.24, 2.45) is 0 Å². The molecule has 1 aliphatic rings. The van der Waals surface area contributed by atoms with Gasteiger partial charge in [0.1, 0.15) is 0 Å². The molecule has 1 N–H and O–H groups in total. The number of hydrogen-bond donors (Lipinski definition) is 1. The minimum atomic E-state index is -0.865. The van der Waals surface area contributed by atoms with Crippen LogP contribution in [0.5, 0.6) is 0 Å². The molecule has 0 amide bonds. The number of aromatic carboxylic acids is 1. The Balaban J connectivity index is 2.17. The van der Waals surface area contributed by atoms with Gasteiger partial charge in [-0.05, 0) is 44.0 Å². The van der Waals surface area contributed by atoms with Gasteiger partial charge in [0.2, 0.25) is 0 Å². The number of pyridine rings is 1. The lowest BCUT2D eigenvalue weighted by Crippen LogP contribution is -2.39. The maximum absolute atomic E-state index is 11.6. The molecule has 0 bridgehead atoms. The number of aryl methyl sites for hydroxylation is 1. The fraction of sp³-hybridized carbons (Fsp3) is 0.471. The molecule has 0 aromatic carbocycles. The van der Waals surface area contributed by atoms with E-state index in [4.69, 9.17) is 4.74 Å². The van der Waals surface area contributed by atoms with Crippen molar-refractivity contribution in [3.8, 4) is 0 Å². The lowest BCUT2D eigenvalue weighted by molar-refractivity contribution is 0.0187. The van der Waals surface area contributed by atoms with Crippen LogP contribution in [-0.2, 0) is 4.74 Å². The number of nitrogens with zero attached hydrogens (tertiary/aromatic N) is 2. The van der Waals surface area contributed by atoms with Crippen molar-refractivity contribution in [3.63, 3.8) is 0 Å². The van der Waals surface area contributed by atoms with Gasteiger partial charge in [-0.3, -0.25) is 4.90 Å². The van der Waals surface area contributed by atoms with E-state index >= 15 is 0 Å². The number of rotatable bonds is 3. The molecule has 2 aromatic rings. The van der Waals surface area contributed by atoms with Crippen molar-refractivity contribution in [3.05, 3.63) is 40.7 Å². The van der Waals surface area contributed by atoms with E-state index in [2.05, 4.69) is 16.2 Å². The fourth-order valence-corrected chi connectivity index (χ4v) is 3.37. The van der Waals surface area contributed by atoms with E-state index < -0.39 is 5.97 Å². The van der Waals surface area contributed by atoms with Gasteiger partial charge in [0.05, 0.1) is 18.8 Å².